The quantitative estimate of drug-likeness (QED) is 0.853. The Morgan fingerprint density at radius 2 is 2.06 bits per heavy atom. The van der Waals surface area contributed by atoms with E-state index in [1.807, 2.05) is 24.3 Å². The Kier molecular flexibility index (Phi) is 3.49. The molecule has 1 aliphatic carbocycles. The predicted molar refractivity (Wildman–Crippen MR) is 63.8 cm³/mol. The molecule has 0 radical (unpaired) electrons. The molecule has 0 bridgehead atoms. The van der Waals surface area contributed by atoms with Gasteiger partial charge in [-0.05, 0) is 36.8 Å². The van der Waals surface area contributed by atoms with Crippen molar-refractivity contribution in [1.29, 1.82) is 0 Å². The molecule has 0 spiro atoms. The molecule has 3 heteroatoms. The third kappa shape index (κ3) is 2.38. The van der Waals surface area contributed by atoms with Crippen LogP contribution in [0.4, 0.5) is 0 Å². The van der Waals surface area contributed by atoms with Crippen LogP contribution < -0.4 is 0 Å². The SMILES string of the molecule is O=C(O)C1CCCC(c2ccccc2Cl)C1. The summed E-state index contributed by atoms with van der Waals surface area (Å²) < 4.78 is 0. The van der Waals surface area contributed by atoms with Crippen molar-refractivity contribution in [2.24, 2.45) is 5.92 Å². The number of carbonyl (C=O) groups is 1. The Bertz CT molecular complexity index is 389. The number of hydrogen-bond donors (Lipinski definition) is 1. The largest absolute Gasteiger partial charge is 0.481 e. The Labute approximate surface area is 100 Å². The summed E-state index contributed by atoms with van der Waals surface area (Å²) in [6, 6.07) is 7.76. The van der Waals surface area contributed by atoms with Gasteiger partial charge in [0.1, 0.15) is 0 Å². The molecule has 1 N–H and O–H groups in total. The molecule has 0 saturated heterocycles. The molecule has 2 rings (SSSR count). The molecule has 0 aromatic heterocycles. The molecule has 1 fully saturated rings. The van der Waals surface area contributed by atoms with Crippen molar-refractivity contribution in [2.45, 2.75) is 31.6 Å². The summed E-state index contributed by atoms with van der Waals surface area (Å²) in [5.41, 5.74) is 1.11. The Hall–Kier alpha value is -1.02. The molecular weight excluding hydrogens is 224 g/mol. The molecule has 1 aromatic carbocycles. The monoisotopic (exact) mass is 238 g/mol. The molecule has 2 atom stereocenters. The van der Waals surface area contributed by atoms with Gasteiger partial charge in [0.05, 0.1) is 5.92 Å². The van der Waals surface area contributed by atoms with Crippen LogP contribution in [0, 0.1) is 5.92 Å². The molecule has 0 heterocycles. The topological polar surface area (TPSA) is 37.3 Å². The number of rotatable bonds is 2. The van der Waals surface area contributed by atoms with Crippen LogP contribution in [0.25, 0.3) is 0 Å². The van der Waals surface area contributed by atoms with Crippen molar-refractivity contribution < 1.29 is 9.90 Å². The maximum Gasteiger partial charge on any atom is 0.306 e. The van der Waals surface area contributed by atoms with E-state index in [4.69, 9.17) is 16.7 Å². The Morgan fingerprint density at radius 1 is 1.31 bits per heavy atom. The summed E-state index contributed by atoms with van der Waals surface area (Å²) >= 11 is 6.14. The lowest BCUT2D eigenvalue weighted by molar-refractivity contribution is -0.142. The first-order valence-electron chi connectivity index (χ1n) is 5.65. The van der Waals surface area contributed by atoms with Crippen LogP contribution in [0.15, 0.2) is 24.3 Å². The van der Waals surface area contributed by atoms with E-state index in [1.165, 1.54) is 0 Å². The third-order valence-electron chi connectivity index (χ3n) is 3.37. The average molecular weight is 239 g/mol. The van der Waals surface area contributed by atoms with Crippen molar-refractivity contribution in [3.63, 3.8) is 0 Å². The van der Waals surface area contributed by atoms with Gasteiger partial charge in [-0.2, -0.15) is 0 Å². The molecule has 2 unspecified atom stereocenters. The minimum Gasteiger partial charge on any atom is -0.481 e. The highest BCUT2D eigenvalue weighted by molar-refractivity contribution is 6.31. The van der Waals surface area contributed by atoms with Crippen LogP contribution in [0.5, 0.6) is 0 Å². The summed E-state index contributed by atoms with van der Waals surface area (Å²) in [6.07, 6.45) is 3.55. The second-order valence-electron chi connectivity index (χ2n) is 4.42. The highest BCUT2D eigenvalue weighted by atomic mass is 35.5. The number of aliphatic carboxylic acids is 1. The Balaban J connectivity index is 2.16. The zero-order valence-corrected chi connectivity index (χ0v) is 9.78. The second-order valence-corrected chi connectivity index (χ2v) is 4.83. The van der Waals surface area contributed by atoms with Crippen molar-refractivity contribution in [1.82, 2.24) is 0 Å². The lowest BCUT2D eigenvalue weighted by Gasteiger charge is -2.27. The summed E-state index contributed by atoms with van der Waals surface area (Å²) in [5.74, 6) is -0.560. The lowest BCUT2D eigenvalue weighted by atomic mass is 9.78. The number of hydrogen-bond acceptors (Lipinski definition) is 1. The fourth-order valence-corrected chi connectivity index (χ4v) is 2.79. The Morgan fingerprint density at radius 3 is 2.75 bits per heavy atom. The van der Waals surface area contributed by atoms with Crippen LogP contribution in [-0.2, 0) is 4.79 Å². The first-order chi connectivity index (χ1) is 7.68. The van der Waals surface area contributed by atoms with E-state index < -0.39 is 5.97 Å². The molecule has 1 aromatic rings. The normalized spacial score (nSPS) is 25.3. The third-order valence-corrected chi connectivity index (χ3v) is 3.71. The number of carboxylic acids is 1. The molecule has 2 nitrogen and oxygen atoms in total. The van der Waals surface area contributed by atoms with Crippen molar-refractivity contribution in [3.8, 4) is 0 Å². The average Bonchev–Trinajstić information content (AvgIpc) is 2.30. The lowest BCUT2D eigenvalue weighted by Crippen LogP contribution is -2.21. The molecule has 16 heavy (non-hydrogen) atoms. The summed E-state index contributed by atoms with van der Waals surface area (Å²) in [6.45, 7) is 0. The maximum absolute atomic E-state index is 11.0. The van der Waals surface area contributed by atoms with Gasteiger partial charge in [0.2, 0.25) is 0 Å². The zero-order valence-electron chi connectivity index (χ0n) is 9.03. The van der Waals surface area contributed by atoms with Crippen LogP contribution in [-0.4, -0.2) is 11.1 Å². The van der Waals surface area contributed by atoms with Gasteiger partial charge in [-0.1, -0.05) is 36.2 Å². The standard InChI is InChI=1S/C13H15ClO2/c14-12-7-2-1-6-11(12)9-4-3-5-10(8-9)13(15)16/h1-2,6-7,9-10H,3-5,8H2,(H,15,16). The number of carboxylic acid groups (broad SMARTS) is 1. The van der Waals surface area contributed by atoms with E-state index in [0.717, 1.165) is 36.3 Å². The summed E-state index contributed by atoms with van der Waals surface area (Å²) in [4.78, 5) is 11.0. The molecule has 0 amide bonds. The van der Waals surface area contributed by atoms with Gasteiger partial charge in [0, 0.05) is 5.02 Å². The van der Waals surface area contributed by atoms with E-state index in [9.17, 15) is 4.79 Å². The predicted octanol–water partition coefficient (Wildman–Crippen LogP) is 3.70. The van der Waals surface area contributed by atoms with Gasteiger partial charge in [-0.3, -0.25) is 4.79 Å². The first kappa shape index (κ1) is 11.5. The fraction of sp³-hybridized carbons (Fsp3) is 0.462. The highest BCUT2D eigenvalue weighted by Gasteiger charge is 2.28. The van der Waals surface area contributed by atoms with Crippen molar-refractivity contribution in [2.75, 3.05) is 0 Å². The first-order valence-corrected chi connectivity index (χ1v) is 6.03. The van der Waals surface area contributed by atoms with Crippen LogP contribution in [0.1, 0.15) is 37.2 Å². The molecule has 1 saturated carbocycles. The zero-order chi connectivity index (χ0) is 11.5. The summed E-state index contributed by atoms with van der Waals surface area (Å²) in [5, 5.41) is 9.80. The highest BCUT2D eigenvalue weighted by Crippen LogP contribution is 2.38. The van der Waals surface area contributed by atoms with E-state index >= 15 is 0 Å². The second kappa shape index (κ2) is 4.88. The molecule has 86 valence electrons. The van der Waals surface area contributed by atoms with Gasteiger partial charge in [0.15, 0.2) is 0 Å². The molecule has 0 aliphatic heterocycles. The van der Waals surface area contributed by atoms with E-state index in [0.29, 0.717) is 5.92 Å². The molecular formula is C13H15ClO2. The number of halogens is 1. The maximum atomic E-state index is 11.0. The van der Waals surface area contributed by atoms with E-state index in [-0.39, 0.29) is 5.92 Å². The minimum atomic E-state index is -0.670. The van der Waals surface area contributed by atoms with Crippen LogP contribution >= 0.6 is 11.6 Å². The summed E-state index contributed by atoms with van der Waals surface area (Å²) in [7, 11) is 0. The van der Waals surface area contributed by atoms with Gasteiger partial charge in [-0.15, -0.1) is 0 Å². The van der Waals surface area contributed by atoms with Crippen molar-refractivity contribution >= 4 is 17.6 Å². The van der Waals surface area contributed by atoms with Gasteiger partial charge in [0.25, 0.3) is 0 Å². The van der Waals surface area contributed by atoms with Gasteiger partial charge < -0.3 is 5.11 Å². The van der Waals surface area contributed by atoms with Gasteiger partial charge >= 0.3 is 5.97 Å². The van der Waals surface area contributed by atoms with Crippen LogP contribution in [0.2, 0.25) is 5.02 Å². The van der Waals surface area contributed by atoms with E-state index in [2.05, 4.69) is 0 Å². The van der Waals surface area contributed by atoms with Crippen molar-refractivity contribution in [3.05, 3.63) is 34.9 Å². The van der Waals surface area contributed by atoms with E-state index in [1.54, 1.807) is 0 Å². The number of benzene rings is 1. The van der Waals surface area contributed by atoms with Gasteiger partial charge in [-0.25, -0.2) is 0 Å². The molecule has 1 aliphatic rings. The van der Waals surface area contributed by atoms with Crippen LogP contribution in [0.3, 0.4) is 0 Å². The minimum absolute atomic E-state index is 0.199. The fourth-order valence-electron chi connectivity index (χ4n) is 2.50. The smallest absolute Gasteiger partial charge is 0.306 e.